The van der Waals surface area contributed by atoms with Gasteiger partial charge in [-0.1, -0.05) is 18.2 Å². The first-order chi connectivity index (χ1) is 11.2. The number of rotatable bonds is 5. The minimum absolute atomic E-state index is 0.0415. The van der Waals surface area contributed by atoms with E-state index in [1.165, 1.54) is 0 Å². The first kappa shape index (κ1) is 15.0. The molecule has 2 aromatic heterocycles. The Labute approximate surface area is 134 Å². The molecule has 0 spiro atoms. The number of imidazole rings is 2. The van der Waals surface area contributed by atoms with E-state index in [2.05, 4.69) is 15.3 Å². The Bertz CT molecular complexity index is 791. The second-order valence-corrected chi connectivity index (χ2v) is 5.38. The van der Waals surface area contributed by atoms with Crippen LogP contribution in [-0.2, 0) is 11.3 Å². The van der Waals surface area contributed by atoms with E-state index in [9.17, 15) is 4.79 Å². The van der Waals surface area contributed by atoms with Crippen LogP contribution in [0.4, 0.5) is 0 Å². The number of aromatic nitrogens is 4. The average molecular weight is 309 g/mol. The third-order valence-electron chi connectivity index (χ3n) is 3.88. The first-order valence-electron chi connectivity index (χ1n) is 7.50. The lowest BCUT2D eigenvalue weighted by Gasteiger charge is -2.16. The molecule has 118 valence electrons. The second-order valence-electron chi connectivity index (χ2n) is 5.38. The summed E-state index contributed by atoms with van der Waals surface area (Å²) in [6.45, 7) is 4.27. The fraction of sp³-hybridized carbons (Fsp3) is 0.235. The summed E-state index contributed by atoms with van der Waals surface area (Å²) in [4.78, 5) is 20.5. The minimum Gasteiger partial charge on any atom is -0.350 e. The van der Waals surface area contributed by atoms with Gasteiger partial charge < -0.3 is 14.5 Å². The number of hydrogen-bond acceptors (Lipinski definition) is 3. The molecule has 0 aliphatic heterocycles. The highest BCUT2D eigenvalue weighted by molar-refractivity contribution is 5.79. The number of nitrogens with zero attached hydrogens (tertiary/aromatic N) is 4. The third kappa shape index (κ3) is 3.15. The number of hydrogen-bond donors (Lipinski definition) is 1. The van der Waals surface area contributed by atoms with Crippen LogP contribution < -0.4 is 5.32 Å². The Kier molecular flexibility index (Phi) is 4.23. The number of carbonyl (C=O) groups excluding carboxylic acids is 1. The summed E-state index contributed by atoms with van der Waals surface area (Å²) >= 11 is 0. The van der Waals surface area contributed by atoms with Crippen molar-refractivity contribution in [1.82, 2.24) is 24.4 Å². The van der Waals surface area contributed by atoms with Gasteiger partial charge in [0, 0.05) is 31.3 Å². The number of amides is 1. The second kappa shape index (κ2) is 6.48. The highest BCUT2D eigenvalue weighted by Crippen LogP contribution is 2.16. The van der Waals surface area contributed by atoms with Crippen molar-refractivity contribution in [1.29, 1.82) is 0 Å². The normalized spacial score (nSPS) is 12.1. The molecule has 0 radical (unpaired) electrons. The van der Waals surface area contributed by atoms with Gasteiger partial charge in [-0.3, -0.25) is 4.79 Å². The molecule has 23 heavy (non-hydrogen) atoms. The van der Waals surface area contributed by atoms with Crippen molar-refractivity contribution in [2.75, 3.05) is 0 Å². The van der Waals surface area contributed by atoms with Gasteiger partial charge in [0.05, 0.1) is 12.0 Å². The van der Waals surface area contributed by atoms with Crippen molar-refractivity contribution >= 4 is 5.91 Å². The van der Waals surface area contributed by atoms with E-state index in [1.807, 2.05) is 48.9 Å². The maximum absolute atomic E-state index is 12.3. The molecule has 0 bridgehead atoms. The number of benzene rings is 1. The van der Waals surface area contributed by atoms with Crippen LogP contribution in [0, 0.1) is 6.92 Å². The summed E-state index contributed by atoms with van der Waals surface area (Å²) in [5, 5.41) is 2.99. The van der Waals surface area contributed by atoms with Crippen LogP contribution in [0.1, 0.15) is 24.4 Å². The van der Waals surface area contributed by atoms with Gasteiger partial charge in [-0.2, -0.15) is 0 Å². The van der Waals surface area contributed by atoms with Gasteiger partial charge in [0.2, 0.25) is 5.91 Å². The quantitative estimate of drug-likeness (QED) is 0.786. The fourth-order valence-electron chi connectivity index (χ4n) is 2.49. The molecule has 1 aromatic carbocycles. The summed E-state index contributed by atoms with van der Waals surface area (Å²) in [6.07, 6.45) is 8.79. The smallest absolute Gasteiger partial charge is 0.243 e. The monoisotopic (exact) mass is 309 g/mol. The number of para-hydroxylation sites is 1. The minimum atomic E-state index is -0.292. The van der Waals surface area contributed by atoms with E-state index in [4.69, 9.17) is 0 Å². The van der Waals surface area contributed by atoms with E-state index < -0.39 is 0 Å². The SMILES string of the molecule is Cc1nccn1-c1ccccc1CNC(=O)C(C)n1ccnc1. The zero-order valence-corrected chi connectivity index (χ0v) is 13.2. The van der Waals surface area contributed by atoms with E-state index >= 15 is 0 Å². The largest absolute Gasteiger partial charge is 0.350 e. The molecule has 0 aliphatic rings. The van der Waals surface area contributed by atoms with Crippen LogP contribution in [0.25, 0.3) is 5.69 Å². The van der Waals surface area contributed by atoms with Crippen molar-refractivity contribution in [2.24, 2.45) is 0 Å². The lowest BCUT2D eigenvalue weighted by atomic mass is 10.1. The van der Waals surface area contributed by atoms with Gasteiger partial charge in [0.1, 0.15) is 11.9 Å². The van der Waals surface area contributed by atoms with Crippen LogP contribution in [-0.4, -0.2) is 25.0 Å². The maximum atomic E-state index is 12.3. The molecule has 1 amide bonds. The molecular formula is C17H19N5O. The van der Waals surface area contributed by atoms with Crippen molar-refractivity contribution in [3.63, 3.8) is 0 Å². The van der Waals surface area contributed by atoms with Crippen molar-refractivity contribution in [3.8, 4) is 5.69 Å². The van der Waals surface area contributed by atoms with Gasteiger partial charge in [-0.05, 0) is 25.5 Å². The molecule has 2 heterocycles. The van der Waals surface area contributed by atoms with Crippen molar-refractivity contribution < 1.29 is 4.79 Å². The summed E-state index contributed by atoms with van der Waals surface area (Å²) in [7, 11) is 0. The molecule has 3 rings (SSSR count). The molecule has 6 heteroatoms. The summed E-state index contributed by atoms with van der Waals surface area (Å²) in [5.41, 5.74) is 2.07. The number of nitrogens with one attached hydrogen (secondary N) is 1. The topological polar surface area (TPSA) is 64.7 Å². The van der Waals surface area contributed by atoms with Gasteiger partial charge in [0.15, 0.2) is 0 Å². The maximum Gasteiger partial charge on any atom is 0.243 e. The molecule has 0 fully saturated rings. The predicted octanol–water partition coefficient (Wildman–Crippen LogP) is 2.25. The van der Waals surface area contributed by atoms with Crippen LogP contribution in [0.3, 0.4) is 0 Å². The van der Waals surface area contributed by atoms with E-state index in [0.29, 0.717) is 6.54 Å². The third-order valence-corrected chi connectivity index (χ3v) is 3.88. The number of carbonyl (C=O) groups is 1. The molecule has 3 aromatic rings. The molecule has 0 aliphatic carbocycles. The standard InChI is InChI=1S/C17H19N5O/c1-13(21-9-7-18-12-21)17(23)20-11-15-5-3-4-6-16(15)22-10-8-19-14(22)2/h3-10,12-13H,11H2,1-2H3,(H,20,23). The van der Waals surface area contributed by atoms with Gasteiger partial charge in [-0.15, -0.1) is 0 Å². The van der Waals surface area contributed by atoms with E-state index in [0.717, 1.165) is 17.1 Å². The van der Waals surface area contributed by atoms with Crippen LogP contribution in [0.15, 0.2) is 55.4 Å². The molecular weight excluding hydrogens is 290 g/mol. The Morgan fingerprint density at radius 3 is 2.78 bits per heavy atom. The molecule has 1 N–H and O–H groups in total. The highest BCUT2D eigenvalue weighted by atomic mass is 16.2. The Morgan fingerprint density at radius 1 is 1.26 bits per heavy atom. The van der Waals surface area contributed by atoms with Crippen LogP contribution >= 0.6 is 0 Å². The fourth-order valence-corrected chi connectivity index (χ4v) is 2.49. The Hall–Kier alpha value is -2.89. The van der Waals surface area contributed by atoms with Gasteiger partial charge in [0.25, 0.3) is 0 Å². The predicted molar refractivity (Wildman–Crippen MR) is 87.1 cm³/mol. The summed E-state index contributed by atoms with van der Waals surface area (Å²) < 4.78 is 3.79. The molecule has 6 nitrogen and oxygen atoms in total. The van der Waals surface area contributed by atoms with Crippen molar-refractivity contribution in [2.45, 2.75) is 26.4 Å². The van der Waals surface area contributed by atoms with Gasteiger partial charge in [-0.25, -0.2) is 9.97 Å². The highest BCUT2D eigenvalue weighted by Gasteiger charge is 2.14. The van der Waals surface area contributed by atoms with Crippen molar-refractivity contribution in [3.05, 3.63) is 66.8 Å². The zero-order chi connectivity index (χ0) is 16.2. The molecule has 1 atom stereocenters. The van der Waals surface area contributed by atoms with Gasteiger partial charge >= 0.3 is 0 Å². The van der Waals surface area contributed by atoms with Crippen LogP contribution in [0.5, 0.6) is 0 Å². The first-order valence-corrected chi connectivity index (χ1v) is 7.50. The van der Waals surface area contributed by atoms with Crippen LogP contribution in [0.2, 0.25) is 0 Å². The Balaban J connectivity index is 1.74. The van der Waals surface area contributed by atoms with E-state index in [1.54, 1.807) is 29.5 Å². The lowest BCUT2D eigenvalue weighted by molar-refractivity contribution is -0.124. The summed E-state index contributed by atoms with van der Waals surface area (Å²) in [6, 6.07) is 7.69. The number of aryl methyl sites for hydroxylation is 1. The molecule has 0 saturated carbocycles. The summed E-state index contributed by atoms with van der Waals surface area (Å²) in [5.74, 6) is 0.871. The van der Waals surface area contributed by atoms with E-state index in [-0.39, 0.29) is 11.9 Å². The Morgan fingerprint density at radius 2 is 2.09 bits per heavy atom. The molecule has 1 unspecified atom stereocenters. The lowest BCUT2D eigenvalue weighted by Crippen LogP contribution is -2.30. The average Bonchev–Trinajstić information content (AvgIpc) is 3.23. The molecule has 0 saturated heterocycles. The zero-order valence-electron chi connectivity index (χ0n) is 13.2.